The summed E-state index contributed by atoms with van der Waals surface area (Å²) in [6.07, 6.45) is 4.38. The molecule has 5 nitrogen and oxygen atoms in total. The van der Waals surface area contributed by atoms with E-state index in [0.29, 0.717) is 41.7 Å². The number of furan rings is 1. The lowest BCUT2D eigenvalue weighted by molar-refractivity contribution is -0.134. The van der Waals surface area contributed by atoms with Gasteiger partial charge >= 0.3 is 0 Å². The summed E-state index contributed by atoms with van der Waals surface area (Å²) in [7, 11) is 0. The van der Waals surface area contributed by atoms with E-state index in [2.05, 4.69) is 26.1 Å². The number of thioether (sulfide) groups is 1. The van der Waals surface area contributed by atoms with Crippen LogP contribution in [0, 0.1) is 11.8 Å². The summed E-state index contributed by atoms with van der Waals surface area (Å²) in [5.41, 5.74) is 0. The van der Waals surface area contributed by atoms with Gasteiger partial charge in [-0.05, 0) is 36.5 Å². The van der Waals surface area contributed by atoms with Gasteiger partial charge in [-0.2, -0.15) is 0 Å². The van der Waals surface area contributed by atoms with E-state index < -0.39 is 0 Å². The fourth-order valence-corrected chi connectivity index (χ4v) is 4.09. The standard InChI is InChI=1S/C19H26N2O3S/c1-12(2)9-20-19(23)16-10-25-11-21(16)18(22)7-5-14-4-6-17(24-14)15-8-13(15)3/h4-7,12-13,15-16H,8-11H2,1-3H3,(H,20,23)/b7-5+. The second kappa shape index (κ2) is 7.68. The summed E-state index contributed by atoms with van der Waals surface area (Å²) in [6.45, 7) is 6.94. The second-order valence-electron chi connectivity index (χ2n) is 7.36. The molecular weight excluding hydrogens is 336 g/mol. The molecule has 0 spiro atoms. The van der Waals surface area contributed by atoms with Gasteiger partial charge in [0.05, 0.1) is 5.88 Å². The smallest absolute Gasteiger partial charge is 0.248 e. The van der Waals surface area contributed by atoms with Gasteiger partial charge in [0, 0.05) is 24.3 Å². The number of amides is 2. The van der Waals surface area contributed by atoms with Crippen LogP contribution in [0.25, 0.3) is 6.08 Å². The van der Waals surface area contributed by atoms with Gasteiger partial charge in [0.15, 0.2) is 0 Å². The predicted octanol–water partition coefficient (Wildman–Crippen LogP) is 3.09. The normalized spacial score (nSPS) is 25.8. The van der Waals surface area contributed by atoms with Crippen LogP contribution in [0.5, 0.6) is 0 Å². The highest BCUT2D eigenvalue weighted by molar-refractivity contribution is 7.99. The molecule has 2 amide bonds. The quantitative estimate of drug-likeness (QED) is 0.790. The molecule has 3 rings (SSSR count). The molecule has 1 N–H and O–H groups in total. The van der Waals surface area contributed by atoms with E-state index in [1.807, 2.05) is 12.1 Å². The van der Waals surface area contributed by atoms with Crippen LogP contribution in [0.2, 0.25) is 0 Å². The molecule has 2 aliphatic rings. The Morgan fingerprint density at radius 3 is 2.88 bits per heavy atom. The van der Waals surface area contributed by atoms with Gasteiger partial charge in [-0.3, -0.25) is 9.59 Å². The first-order valence-electron chi connectivity index (χ1n) is 8.89. The minimum atomic E-state index is -0.389. The first kappa shape index (κ1) is 18.1. The topological polar surface area (TPSA) is 62.6 Å². The zero-order valence-corrected chi connectivity index (χ0v) is 15.8. The molecule has 1 saturated carbocycles. The fourth-order valence-electron chi connectivity index (χ4n) is 2.92. The summed E-state index contributed by atoms with van der Waals surface area (Å²) >= 11 is 1.61. The van der Waals surface area contributed by atoms with Crippen LogP contribution in [0.1, 0.15) is 44.6 Å². The number of rotatable bonds is 6. The molecule has 0 aromatic carbocycles. The van der Waals surface area contributed by atoms with Crippen molar-refractivity contribution in [2.24, 2.45) is 11.8 Å². The number of hydrogen-bond donors (Lipinski definition) is 1. The van der Waals surface area contributed by atoms with Gasteiger partial charge in [0.25, 0.3) is 0 Å². The van der Waals surface area contributed by atoms with Crippen molar-refractivity contribution in [1.29, 1.82) is 0 Å². The largest absolute Gasteiger partial charge is 0.461 e. The molecule has 1 aliphatic heterocycles. The van der Waals surface area contributed by atoms with E-state index in [0.717, 1.165) is 5.76 Å². The van der Waals surface area contributed by atoms with Gasteiger partial charge in [-0.25, -0.2) is 0 Å². The zero-order valence-electron chi connectivity index (χ0n) is 15.0. The van der Waals surface area contributed by atoms with Crippen molar-refractivity contribution in [3.63, 3.8) is 0 Å². The van der Waals surface area contributed by atoms with Crippen molar-refractivity contribution in [3.05, 3.63) is 29.7 Å². The SMILES string of the molecule is CC(C)CNC(=O)C1CSCN1C(=O)/C=C/c1ccc(C2CC2C)o1. The van der Waals surface area contributed by atoms with Crippen LogP contribution >= 0.6 is 11.8 Å². The summed E-state index contributed by atoms with van der Waals surface area (Å²) in [6, 6.07) is 3.50. The summed E-state index contributed by atoms with van der Waals surface area (Å²) in [5.74, 6) is 4.29. The van der Waals surface area contributed by atoms with E-state index in [9.17, 15) is 9.59 Å². The highest BCUT2D eigenvalue weighted by Gasteiger charge is 2.36. The second-order valence-corrected chi connectivity index (χ2v) is 8.36. The number of nitrogens with zero attached hydrogens (tertiary/aromatic N) is 1. The first-order valence-corrected chi connectivity index (χ1v) is 10.0. The van der Waals surface area contributed by atoms with Gasteiger partial charge in [0.2, 0.25) is 11.8 Å². The minimum absolute atomic E-state index is 0.0662. The predicted molar refractivity (Wildman–Crippen MR) is 100 cm³/mol. The Balaban J connectivity index is 1.57. The molecule has 136 valence electrons. The molecule has 25 heavy (non-hydrogen) atoms. The number of nitrogens with one attached hydrogen (secondary N) is 1. The molecule has 1 aromatic rings. The van der Waals surface area contributed by atoms with E-state index >= 15 is 0 Å². The van der Waals surface area contributed by atoms with Crippen molar-refractivity contribution in [1.82, 2.24) is 10.2 Å². The molecule has 1 saturated heterocycles. The molecule has 1 aromatic heterocycles. The third kappa shape index (κ3) is 4.48. The zero-order chi connectivity index (χ0) is 18.0. The molecular formula is C19H26N2O3S. The lowest BCUT2D eigenvalue weighted by Gasteiger charge is -2.22. The number of hydrogen-bond acceptors (Lipinski definition) is 4. The van der Waals surface area contributed by atoms with E-state index in [-0.39, 0.29) is 17.9 Å². The maximum atomic E-state index is 12.5. The summed E-state index contributed by atoms with van der Waals surface area (Å²) in [5, 5.41) is 2.92. The fraction of sp³-hybridized carbons (Fsp3) is 0.579. The van der Waals surface area contributed by atoms with Crippen molar-refractivity contribution in [3.8, 4) is 0 Å². The van der Waals surface area contributed by atoms with Gasteiger partial charge < -0.3 is 14.6 Å². The molecule has 0 bridgehead atoms. The molecule has 3 unspecified atom stereocenters. The maximum Gasteiger partial charge on any atom is 0.248 e. The Bertz CT molecular complexity index is 667. The van der Waals surface area contributed by atoms with Crippen LogP contribution in [0.15, 0.2) is 22.6 Å². The molecule has 1 aliphatic carbocycles. The number of carbonyl (C=O) groups is 2. The Morgan fingerprint density at radius 2 is 2.20 bits per heavy atom. The Hall–Kier alpha value is -1.69. The third-order valence-electron chi connectivity index (χ3n) is 4.67. The van der Waals surface area contributed by atoms with Crippen molar-refractivity contribution in [2.45, 2.75) is 39.2 Å². The lowest BCUT2D eigenvalue weighted by Crippen LogP contribution is -2.47. The molecule has 2 heterocycles. The van der Waals surface area contributed by atoms with Gasteiger partial charge in [-0.15, -0.1) is 11.8 Å². The average Bonchev–Trinajstić information content (AvgIpc) is 3.01. The average molecular weight is 362 g/mol. The Labute approximate surface area is 153 Å². The van der Waals surface area contributed by atoms with E-state index in [1.54, 1.807) is 22.7 Å². The molecule has 2 fully saturated rings. The van der Waals surface area contributed by atoms with E-state index in [4.69, 9.17) is 4.42 Å². The van der Waals surface area contributed by atoms with Crippen molar-refractivity contribution in [2.75, 3.05) is 18.2 Å². The first-order chi connectivity index (χ1) is 12.0. The minimum Gasteiger partial charge on any atom is -0.461 e. The molecule has 3 atom stereocenters. The van der Waals surface area contributed by atoms with Crippen LogP contribution in [-0.4, -0.2) is 40.9 Å². The maximum absolute atomic E-state index is 12.5. The van der Waals surface area contributed by atoms with Crippen LogP contribution in [0.3, 0.4) is 0 Å². The summed E-state index contributed by atoms with van der Waals surface area (Å²) < 4.78 is 5.79. The highest BCUT2D eigenvalue weighted by atomic mass is 32.2. The molecule has 6 heteroatoms. The lowest BCUT2D eigenvalue weighted by atomic mass is 10.2. The number of carbonyl (C=O) groups excluding carboxylic acids is 2. The van der Waals surface area contributed by atoms with Crippen LogP contribution in [-0.2, 0) is 9.59 Å². The monoisotopic (exact) mass is 362 g/mol. The molecule has 0 radical (unpaired) electrons. The Morgan fingerprint density at radius 1 is 1.44 bits per heavy atom. The van der Waals surface area contributed by atoms with Crippen molar-refractivity contribution < 1.29 is 14.0 Å². The van der Waals surface area contributed by atoms with Crippen LogP contribution < -0.4 is 5.32 Å². The van der Waals surface area contributed by atoms with Gasteiger partial charge in [-0.1, -0.05) is 20.8 Å². The van der Waals surface area contributed by atoms with E-state index in [1.165, 1.54) is 12.5 Å². The highest BCUT2D eigenvalue weighted by Crippen LogP contribution is 2.47. The Kier molecular flexibility index (Phi) is 5.57. The van der Waals surface area contributed by atoms with Gasteiger partial charge in [0.1, 0.15) is 17.6 Å². The third-order valence-corrected chi connectivity index (χ3v) is 5.68. The van der Waals surface area contributed by atoms with Crippen LogP contribution in [0.4, 0.5) is 0 Å². The van der Waals surface area contributed by atoms with Crippen molar-refractivity contribution >= 4 is 29.7 Å². The summed E-state index contributed by atoms with van der Waals surface area (Å²) in [4.78, 5) is 26.4.